The highest BCUT2D eigenvalue weighted by molar-refractivity contribution is 5.83. The van der Waals surface area contributed by atoms with Gasteiger partial charge in [0.05, 0.1) is 6.04 Å². The first-order valence-corrected chi connectivity index (χ1v) is 5.86. The molecule has 2 fully saturated rings. The van der Waals surface area contributed by atoms with Crippen LogP contribution in [-0.2, 0) is 4.79 Å². The number of carbonyl (C=O) groups excluding carboxylic acids is 1. The van der Waals surface area contributed by atoms with Crippen molar-refractivity contribution in [1.29, 1.82) is 0 Å². The van der Waals surface area contributed by atoms with E-state index >= 15 is 0 Å². The molecular weight excluding hydrogens is 176 g/mol. The first-order chi connectivity index (χ1) is 6.83. The summed E-state index contributed by atoms with van der Waals surface area (Å²) in [6, 6.07) is 0.679. The van der Waals surface area contributed by atoms with Crippen LogP contribution in [0, 0.1) is 0 Å². The lowest BCUT2D eigenvalue weighted by Crippen LogP contribution is -2.55. The SMILES string of the molecule is CCNC1CCCN(C2CCC2)C1=O. The fourth-order valence-corrected chi connectivity index (χ4v) is 2.40. The smallest absolute Gasteiger partial charge is 0.239 e. The van der Waals surface area contributed by atoms with Gasteiger partial charge in [-0.1, -0.05) is 6.92 Å². The fraction of sp³-hybridized carbons (Fsp3) is 0.909. The molecule has 3 nitrogen and oxygen atoms in total. The first-order valence-electron chi connectivity index (χ1n) is 5.86. The highest BCUT2D eigenvalue weighted by Crippen LogP contribution is 2.27. The Morgan fingerprint density at radius 2 is 2.14 bits per heavy atom. The molecule has 1 atom stereocenters. The van der Waals surface area contributed by atoms with Crippen LogP contribution >= 0.6 is 0 Å². The van der Waals surface area contributed by atoms with Gasteiger partial charge in [0.2, 0.25) is 5.91 Å². The Morgan fingerprint density at radius 1 is 1.36 bits per heavy atom. The third-order valence-corrected chi connectivity index (χ3v) is 3.44. The largest absolute Gasteiger partial charge is 0.338 e. The number of hydrogen-bond donors (Lipinski definition) is 1. The minimum absolute atomic E-state index is 0.106. The van der Waals surface area contributed by atoms with Crippen LogP contribution < -0.4 is 5.32 Å². The number of nitrogens with one attached hydrogen (secondary N) is 1. The molecule has 80 valence electrons. The van der Waals surface area contributed by atoms with Crippen LogP contribution in [0.2, 0.25) is 0 Å². The average Bonchev–Trinajstić information content (AvgIpc) is 2.09. The topological polar surface area (TPSA) is 32.3 Å². The highest BCUT2D eigenvalue weighted by atomic mass is 16.2. The van der Waals surface area contributed by atoms with Crippen molar-refractivity contribution >= 4 is 5.91 Å². The van der Waals surface area contributed by atoms with Gasteiger partial charge in [-0.2, -0.15) is 0 Å². The molecule has 0 aromatic carbocycles. The van der Waals surface area contributed by atoms with Crippen molar-refractivity contribution in [1.82, 2.24) is 10.2 Å². The summed E-state index contributed by atoms with van der Waals surface area (Å²) in [5.41, 5.74) is 0. The maximum atomic E-state index is 12.0. The minimum Gasteiger partial charge on any atom is -0.338 e. The lowest BCUT2D eigenvalue weighted by molar-refractivity contribution is -0.140. The van der Waals surface area contributed by atoms with Crippen molar-refractivity contribution in [3.05, 3.63) is 0 Å². The first kappa shape index (κ1) is 9.97. The van der Waals surface area contributed by atoms with Gasteiger partial charge >= 0.3 is 0 Å². The van der Waals surface area contributed by atoms with Gasteiger partial charge in [0.1, 0.15) is 0 Å². The Kier molecular flexibility index (Phi) is 3.06. The van der Waals surface area contributed by atoms with Gasteiger partial charge in [0.15, 0.2) is 0 Å². The van der Waals surface area contributed by atoms with Gasteiger partial charge in [-0.15, -0.1) is 0 Å². The summed E-state index contributed by atoms with van der Waals surface area (Å²) in [4.78, 5) is 14.1. The zero-order valence-corrected chi connectivity index (χ0v) is 8.96. The monoisotopic (exact) mass is 196 g/mol. The summed E-state index contributed by atoms with van der Waals surface area (Å²) in [5.74, 6) is 0.350. The molecule has 0 spiro atoms. The third-order valence-electron chi connectivity index (χ3n) is 3.44. The van der Waals surface area contributed by atoms with Crippen LogP contribution in [0.4, 0.5) is 0 Å². The number of amides is 1. The Morgan fingerprint density at radius 3 is 2.71 bits per heavy atom. The van der Waals surface area contributed by atoms with E-state index in [1.54, 1.807) is 0 Å². The molecule has 1 heterocycles. The molecule has 1 saturated carbocycles. The Bertz CT molecular complexity index is 211. The summed E-state index contributed by atoms with van der Waals surface area (Å²) in [5, 5.41) is 3.28. The molecule has 1 amide bonds. The summed E-state index contributed by atoms with van der Waals surface area (Å²) < 4.78 is 0. The Labute approximate surface area is 85.8 Å². The second kappa shape index (κ2) is 4.30. The lowest BCUT2D eigenvalue weighted by Gasteiger charge is -2.42. The lowest BCUT2D eigenvalue weighted by atomic mass is 9.89. The molecule has 1 aliphatic heterocycles. The predicted molar refractivity (Wildman–Crippen MR) is 56.1 cm³/mol. The van der Waals surface area contributed by atoms with Crippen molar-refractivity contribution in [2.24, 2.45) is 0 Å². The molecule has 1 saturated heterocycles. The number of nitrogens with zero attached hydrogens (tertiary/aromatic N) is 1. The summed E-state index contributed by atoms with van der Waals surface area (Å²) in [6.07, 6.45) is 5.95. The number of likely N-dealkylation sites (tertiary alicyclic amines) is 1. The van der Waals surface area contributed by atoms with Crippen LogP contribution in [0.3, 0.4) is 0 Å². The van der Waals surface area contributed by atoms with Crippen molar-refractivity contribution in [3.8, 4) is 0 Å². The molecule has 0 aromatic heterocycles. The van der Waals surface area contributed by atoms with E-state index in [2.05, 4.69) is 17.1 Å². The molecule has 2 aliphatic rings. The van der Waals surface area contributed by atoms with Crippen molar-refractivity contribution in [2.75, 3.05) is 13.1 Å². The molecule has 14 heavy (non-hydrogen) atoms. The number of piperidine rings is 1. The maximum absolute atomic E-state index is 12.0. The van der Waals surface area contributed by atoms with Gasteiger partial charge in [-0.05, 0) is 38.6 Å². The second-order valence-electron chi connectivity index (χ2n) is 4.37. The molecule has 2 rings (SSSR count). The average molecular weight is 196 g/mol. The van der Waals surface area contributed by atoms with Gasteiger partial charge < -0.3 is 10.2 Å². The van der Waals surface area contributed by atoms with E-state index in [-0.39, 0.29) is 6.04 Å². The van der Waals surface area contributed by atoms with Crippen molar-refractivity contribution < 1.29 is 4.79 Å². The van der Waals surface area contributed by atoms with Crippen LogP contribution in [0.25, 0.3) is 0 Å². The molecule has 1 N–H and O–H groups in total. The molecule has 0 bridgehead atoms. The number of carbonyl (C=O) groups is 1. The van der Waals surface area contributed by atoms with Crippen molar-refractivity contribution in [3.63, 3.8) is 0 Å². The zero-order valence-electron chi connectivity index (χ0n) is 8.96. The molecule has 0 aromatic rings. The highest BCUT2D eigenvalue weighted by Gasteiger charge is 2.34. The molecule has 1 unspecified atom stereocenters. The van der Waals surface area contributed by atoms with E-state index in [1.165, 1.54) is 25.7 Å². The van der Waals surface area contributed by atoms with Crippen LogP contribution in [-0.4, -0.2) is 36.0 Å². The van der Waals surface area contributed by atoms with E-state index < -0.39 is 0 Å². The molecule has 0 radical (unpaired) electrons. The number of rotatable bonds is 3. The molecule has 1 aliphatic carbocycles. The third kappa shape index (κ3) is 1.78. The summed E-state index contributed by atoms with van der Waals surface area (Å²) in [7, 11) is 0. The van der Waals surface area contributed by atoms with E-state index in [9.17, 15) is 4.79 Å². The quantitative estimate of drug-likeness (QED) is 0.734. The summed E-state index contributed by atoms with van der Waals surface area (Å²) >= 11 is 0. The minimum atomic E-state index is 0.106. The fourth-order valence-electron chi connectivity index (χ4n) is 2.40. The number of hydrogen-bond acceptors (Lipinski definition) is 2. The van der Waals surface area contributed by atoms with Crippen LogP contribution in [0.15, 0.2) is 0 Å². The van der Waals surface area contributed by atoms with Gasteiger partial charge in [0, 0.05) is 12.6 Å². The van der Waals surface area contributed by atoms with Crippen LogP contribution in [0.5, 0.6) is 0 Å². The molecule has 3 heteroatoms. The summed E-state index contributed by atoms with van der Waals surface area (Å²) in [6.45, 7) is 3.95. The Balaban J connectivity index is 1.93. The van der Waals surface area contributed by atoms with Gasteiger partial charge in [-0.25, -0.2) is 0 Å². The van der Waals surface area contributed by atoms with E-state index in [0.717, 1.165) is 19.5 Å². The van der Waals surface area contributed by atoms with Gasteiger partial charge in [0.25, 0.3) is 0 Å². The second-order valence-corrected chi connectivity index (χ2v) is 4.37. The standard InChI is InChI=1S/C11H20N2O/c1-2-12-10-7-4-8-13(11(10)14)9-5-3-6-9/h9-10,12H,2-8H2,1H3. The predicted octanol–water partition coefficient (Wildman–Crippen LogP) is 1.14. The van der Waals surface area contributed by atoms with E-state index in [4.69, 9.17) is 0 Å². The van der Waals surface area contributed by atoms with E-state index in [0.29, 0.717) is 11.9 Å². The van der Waals surface area contributed by atoms with Crippen molar-refractivity contribution in [2.45, 2.75) is 51.1 Å². The Hall–Kier alpha value is -0.570. The molecular formula is C11H20N2O. The normalized spacial score (nSPS) is 29.1. The van der Waals surface area contributed by atoms with E-state index in [1.807, 2.05) is 0 Å². The van der Waals surface area contributed by atoms with Gasteiger partial charge in [-0.3, -0.25) is 4.79 Å². The maximum Gasteiger partial charge on any atom is 0.239 e. The zero-order chi connectivity index (χ0) is 9.97. The number of likely N-dealkylation sites (N-methyl/N-ethyl adjacent to an activating group) is 1. The van der Waals surface area contributed by atoms with Crippen LogP contribution in [0.1, 0.15) is 39.0 Å².